The van der Waals surface area contributed by atoms with Gasteiger partial charge < -0.3 is 4.90 Å². The van der Waals surface area contributed by atoms with Crippen LogP contribution in [0.1, 0.15) is 58.6 Å². The molecule has 0 radical (unpaired) electrons. The summed E-state index contributed by atoms with van der Waals surface area (Å²) in [6.45, 7) is 15.5. The van der Waals surface area contributed by atoms with Gasteiger partial charge in [0.2, 0.25) is 0 Å². The zero-order valence-electron chi connectivity index (χ0n) is 14.7. The maximum absolute atomic E-state index is 2.67. The van der Waals surface area contributed by atoms with Gasteiger partial charge in [-0.1, -0.05) is 58.9 Å². The molecule has 0 saturated carbocycles. The van der Waals surface area contributed by atoms with Gasteiger partial charge in [-0.3, -0.25) is 0 Å². The van der Waals surface area contributed by atoms with Crippen LogP contribution in [0.15, 0.2) is 24.3 Å². The van der Waals surface area contributed by atoms with Crippen LogP contribution in [0.3, 0.4) is 0 Å². The van der Waals surface area contributed by atoms with Crippen molar-refractivity contribution in [2.45, 2.75) is 59.3 Å². The molecule has 2 atom stereocenters. The molecular formula is C20H33N. The van der Waals surface area contributed by atoms with Gasteiger partial charge in [0.05, 0.1) is 0 Å². The number of nitrogens with zero attached hydrogens (tertiary/aromatic N) is 1. The Balaban J connectivity index is 1.86. The van der Waals surface area contributed by atoms with Crippen molar-refractivity contribution in [1.82, 2.24) is 4.90 Å². The van der Waals surface area contributed by atoms with Crippen molar-refractivity contribution >= 4 is 0 Å². The molecule has 118 valence electrons. The van der Waals surface area contributed by atoms with E-state index in [1.807, 2.05) is 0 Å². The summed E-state index contributed by atoms with van der Waals surface area (Å²) < 4.78 is 0. The number of piperidine rings is 1. The predicted molar refractivity (Wildman–Crippen MR) is 92.8 cm³/mol. The molecular weight excluding hydrogens is 254 g/mol. The number of likely N-dealkylation sites (tertiary alicyclic amines) is 1. The average molecular weight is 287 g/mol. The summed E-state index contributed by atoms with van der Waals surface area (Å²) in [7, 11) is 0. The van der Waals surface area contributed by atoms with Gasteiger partial charge in [0.15, 0.2) is 0 Å². The first-order chi connectivity index (χ1) is 9.84. The fourth-order valence-corrected chi connectivity index (χ4v) is 3.50. The Morgan fingerprint density at radius 1 is 1.19 bits per heavy atom. The molecule has 1 unspecified atom stereocenters. The predicted octanol–water partition coefficient (Wildman–Crippen LogP) is 4.89. The molecule has 0 aliphatic carbocycles. The number of rotatable bonds is 4. The van der Waals surface area contributed by atoms with Gasteiger partial charge in [-0.2, -0.15) is 0 Å². The van der Waals surface area contributed by atoms with E-state index in [9.17, 15) is 0 Å². The molecule has 1 aliphatic heterocycles. The summed E-state index contributed by atoms with van der Waals surface area (Å²) in [5.41, 5.74) is 3.18. The van der Waals surface area contributed by atoms with Gasteiger partial charge in [0.25, 0.3) is 0 Å². The molecule has 1 aromatic rings. The average Bonchev–Trinajstić information content (AvgIpc) is 2.38. The van der Waals surface area contributed by atoms with E-state index in [4.69, 9.17) is 0 Å². The molecule has 1 saturated heterocycles. The van der Waals surface area contributed by atoms with E-state index in [0.29, 0.717) is 0 Å². The summed E-state index contributed by atoms with van der Waals surface area (Å²) in [5.74, 6) is 1.63. The van der Waals surface area contributed by atoms with E-state index in [1.54, 1.807) is 0 Å². The van der Waals surface area contributed by atoms with E-state index in [-0.39, 0.29) is 5.41 Å². The zero-order valence-corrected chi connectivity index (χ0v) is 14.7. The van der Waals surface area contributed by atoms with Crippen molar-refractivity contribution in [3.63, 3.8) is 0 Å². The fraction of sp³-hybridized carbons (Fsp3) is 0.700. The lowest BCUT2D eigenvalue weighted by atomic mass is 9.86. The Morgan fingerprint density at radius 3 is 2.43 bits per heavy atom. The van der Waals surface area contributed by atoms with Crippen LogP contribution in [0.5, 0.6) is 0 Å². The van der Waals surface area contributed by atoms with E-state index < -0.39 is 0 Å². The van der Waals surface area contributed by atoms with Crippen LogP contribution < -0.4 is 0 Å². The molecule has 0 N–H and O–H groups in total. The monoisotopic (exact) mass is 287 g/mol. The highest BCUT2D eigenvalue weighted by atomic mass is 15.1. The van der Waals surface area contributed by atoms with Crippen molar-refractivity contribution in [2.75, 3.05) is 19.6 Å². The molecule has 2 rings (SSSR count). The minimum Gasteiger partial charge on any atom is -0.303 e. The lowest BCUT2D eigenvalue weighted by Gasteiger charge is -2.32. The van der Waals surface area contributed by atoms with Gasteiger partial charge in [-0.05, 0) is 54.2 Å². The largest absolute Gasteiger partial charge is 0.303 e. The summed E-state index contributed by atoms with van der Waals surface area (Å²) >= 11 is 0. The maximum Gasteiger partial charge on any atom is 0.00103 e. The lowest BCUT2D eigenvalue weighted by molar-refractivity contribution is 0.162. The molecule has 1 aromatic carbocycles. The van der Waals surface area contributed by atoms with Crippen molar-refractivity contribution in [3.05, 3.63) is 35.4 Å². The highest BCUT2D eigenvalue weighted by Gasteiger charge is 2.18. The van der Waals surface area contributed by atoms with Gasteiger partial charge in [-0.25, -0.2) is 0 Å². The molecule has 0 amide bonds. The molecule has 0 bridgehead atoms. The summed E-state index contributed by atoms with van der Waals surface area (Å²) in [6.07, 6.45) is 4.00. The lowest BCUT2D eigenvalue weighted by Crippen LogP contribution is -2.37. The van der Waals surface area contributed by atoms with Crippen molar-refractivity contribution in [1.29, 1.82) is 0 Å². The smallest absolute Gasteiger partial charge is 0.00103 e. The van der Waals surface area contributed by atoms with Gasteiger partial charge in [0, 0.05) is 13.1 Å². The SMILES string of the molecule is CC1CCCN(C[C@@H](C)Cc2ccc(C(C)(C)C)cc2)C1. The molecule has 1 fully saturated rings. The summed E-state index contributed by atoms with van der Waals surface area (Å²) in [6, 6.07) is 9.28. The van der Waals surface area contributed by atoms with Gasteiger partial charge in [0.1, 0.15) is 0 Å². The van der Waals surface area contributed by atoms with Crippen LogP contribution in [0.25, 0.3) is 0 Å². The third kappa shape index (κ3) is 5.14. The minimum atomic E-state index is 0.258. The second-order valence-corrected chi connectivity index (χ2v) is 8.26. The normalized spacial score (nSPS) is 22.2. The highest BCUT2D eigenvalue weighted by molar-refractivity contribution is 5.27. The van der Waals surface area contributed by atoms with E-state index >= 15 is 0 Å². The van der Waals surface area contributed by atoms with E-state index in [1.165, 1.54) is 50.0 Å². The van der Waals surface area contributed by atoms with E-state index in [0.717, 1.165) is 11.8 Å². The summed E-state index contributed by atoms with van der Waals surface area (Å²) in [4.78, 5) is 2.67. The van der Waals surface area contributed by atoms with Crippen LogP contribution in [0.4, 0.5) is 0 Å². The molecule has 1 heteroatoms. The molecule has 0 aromatic heterocycles. The Hall–Kier alpha value is -0.820. The molecule has 1 aliphatic rings. The third-order valence-electron chi connectivity index (χ3n) is 4.72. The fourth-order valence-electron chi connectivity index (χ4n) is 3.50. The molecule has 1 nitrogen and oxygen atoms in total. The van der Waals surface area contributed by atoms with Crippen molar-refractivity contribution in [2.24, 2.45) is 11.8 Å². The number of benzene rings is 1. The Labute approximate surface area is 131 Å². The first kappa shape index (κ1) is 16.5. The van der Waals surface area contributed by atoms with Crippen LogP contribution >= 0.6 is 0 Å². The van der Waals surface area contributed by atoms with Crippen LogP contribution in [0, 0.1) is 11.8 Å². The molecule has 0 spiro atoms. The Bertz CT molecular complexity index is 426. The first-order valence-corrected chi connectivity index (χ1v) is 8.66. The Morgan fingerprint density at radius 2 is 1.86 bits per heavy atom. The number of hydrogen-bond donors (Lipinski definition) is 0. The molecule has 1 heterocycles. The zero-order chi connectivity index (χ0) is 15.5. The summed E-state index contributed by atoms with van der Waals surface area (Å²) in [5, 5.41) is 0. The maximum atomic E-state index is 2.67. The van der Waals surface area contributed by atoms with Crippen LogP contribution in [0.2, 0.25) is 0 Å². The van der Waals surface area contributed by atoms with E-state index in [2.05, 4.69) is 63.8 Å². The highest BCUT2D eigenvalue weighted by Crippen LogP contribution is 2.23. The van der Waals surface area contributed by atoms with Gasteiger partial charge in [-0.15, -0.1) is 0 Å². The number of hydrogen-bond acceptors (Lipinski definition) is 1. The quantitative estimate of drug-likeness (QED) is 0.761. The van der Waals surface area contributed by atoms with Crippen LogP contribution in [-0.4, -0.2) is 24.5 Å². The van der Waals surface area contributed by atoms with Crippen molar-refractivity contribution < 1.29 is 0 Å². The standard InChI is InChI=1S/C20H33N/c1-16-7-6-12-21(14-16)15-17(2)13-18-8-10-19(11-9-18)20(3,4)5/h8-11,16-17H,6-7,12-15H2,1-5H3/t16?,17-/m0/s1. The van der Waals surface area contributed by atoms with Crippen LogP contribution in [-0.2, 0) is 11.8 Å². The first-order valence-electron chi connectivity index (χ1n) is 8.66. The van der Waals surface area contributed by atoms with Gasteiger partial charge >= 0.3 is 0 Å². The minimum absolute atomic E-state index is 0.258. The van der Waals surface area contributed by atoms with Crippen molar-refractivity contribution in [3.8, 4) is 0 Å². The topological polar surface area (TPSA) is 3.24 Å². The third-order valence-corrected chi connectivity index (χ3v) is 4.72. The second kappa shape index (κ2) is 6.96. The second-order valence-electron chi connectivity index (χ2n) is 8.26. The Kier molecular flexibility index (Phi) is 5.48. The molecule has 21 heavy (non-hydrogen) atoms.